The lowest BCUT2D eigenvalue weighted by Crippen LogP contribution is -2.36. The zero-order chi connectivity index (χ0) is 16.7. The van der Waals surface area contributed by atoms with Gasteiger partial charge in [-0.25, -0.2) is 4.98 Å². The predicted molar refractivity (Wildman–Crippen MR) is 93.8 cm³/mol. The molecule has 0 radical (unpaired) electrons. The first-order valence-electron chi connectivity index (χ1n) is 8.06. The number of aryl methyl sites for hydroxylation is 3. The van der Waals surface area contributed by atoms with Gasteiger partial charge in [0.05, 0.1) is 12.2 Å². The van der Waals surface area contributed by atoms with Crippen molar-refractivity contribution in [1.29, 1.82) is 0 Å². The van der Waals surface area contributed by atoms with Crippen molar-refractivity contribution in [3.63, 3.8) is 0 Å². The van der Waals surface area contributed by atoms with Gasteiger partial charge in [0.25, 0.3) is 0 Å². The third kappa shape index (κ3) is 4.54. The summed E-state index contributed by atoms with van der Waals surface area (Å²) in [5.41, 5.74) is 2.15. The molecule has 0 saturated carbocycles. The fourth-order valence-electron chi connectivity index (χ4n) is 2.28. The predicted octanol–water partition coefficient (Wildman–Crippen LogP) is 2.68. The third-order valence-corrected chi connectivity index (χ3v) is 4.76. The first kappa shape index (κ1) is 17.5. The van der Waals surface area contributed by atoms with Crippen molar-refractivity contribution in [3.05, 3.63) is 33.1 Å². The number of thiazole rings is 1. The van der Waals surface area contributed by atoms with Gasteiger partial charge in [-0.15, -0.1) is 11.3 Å². The van der Waals surface area contributed by atoms with Gasteiger partial charge in [0.2, 0.25) is 0 Å². The second-order valence-corrected chi connectivity index (χ2v) is 6.29. The van der Waals surface area contributed by atoms with Crippen LogP contribution < -0.4 is 10.6 Å². The van der Waals surface area contributed by atoms with E-state index in [1.807, 2.05) is 6.20 Å². The molecular weight excluding hydrogens is 310 g/mol. The highest BCUT2D eigenvalue weighted by atomic mass is 32.1. The standard InChI is InChI=1S/C16H25N5OS/c1-5-11-8-18-15(23-11)10-20-16(17-4)19-9-12-13(6-2)21-22-14(12)7-3/h8H,5-7,9-10H2,1-4H3,(H2,17,19,20). The smallest absolute Gasteiger partial charge is 0.191 e. The number of aliphatic imine (C=N–C) groups is 1. The monoisotopic (exact) mass is 335 g/mol. The highest BCUT2D eigenvalue weighted by molar-refractivity contribution is 7.11. The largest absolute Gasteiger partial charge is 0.361 e. The number of hydrogen-bond acceptors (Lipinski definition) is 5. The van der Waals surface area contributed by atoms with Crippen LogP contribution in [0.5, 0.6) is 0 Å². The Kier molecular flexibility index (Phi) is 6.58. The summed E-state index contributed by atoms with van der Waals surface area (Å²) in [4.78, 5) is 9.97. The molecule has 23 heavy (non-hydrogen) atoms. The van der Waals surface area contributed by atoms with Gasteiger partial charge in [-0.2, -0.15) is 0 Å². The van der Waals surface area contributed by atoms with Crippen molar-refractivity contribution in [2.24, 2.45) is 4.99 Å². The molecule has 2 N–H and O–H groups in total. The van der Waals surface area contributed by atoms with Crippen LogP contribution in [-0.2, 0) is 32.4 Å². The molecule has 0 aliphatic rings. The Labute approximate surface area is 141 Å². The zero-order valence-electron chi connectivity index (χ0n) is 14.3. The molecule has 0 amide bonds. The van der Waals surface area contributed by atoms with E-state index < -0.39 is 0 Å². The topological polar surface area (TPSA) is 75.3 Å². The minimum Gasteiger partial charge on any atom is -0.361 e. The van der Waals surface area contributed by atoms with Crippen LogP contribution >= 0.6 is 11.3 Å². The molecule has 6 nitrogen and oxygen atoms in total. The van der Waals surface area contributed by atoms with Crippen LogP contribution in [0.3, 0.4) is 0 Å². The van der Waals surface area contributed by atoms with E-state index in [4.69, 9.17) is 4.52 Å². The maximum absolute atomic E-state index is 5.39. The second kappa shape index (κ2) is 8.67. The highest BCUT2D eigenvalue weighted by Crippen LogP contribution is 2.15. The fraction of sp³-hybridized carbons (Fsp3) is 0.562. The molecule has 2 rings (SSSR count). The SMILES string of the molecule is CCc1cnc(CNC(=NC)NCc2c(CC)noc2CC)s1. The van der Waals surface area contributed by atoms with Crippen LogP contribution in [0.25, 0.3) is 0 Å². The van der Waals surface area contributed by atoms with Crippen LogP contribution in [0.1, 0.15) is 47.7 Å². The van der Waals surface area contributed by atoms with Gasteiger partial charge >= 0.3 is 0 Å². The molecule has 0 atom stereocenters. The van der Waals surface area contributed by atoms with Gasteiger partial charge in [0.1, 0.15) is 10.8 Å². The molecule has 7 heteroatoms. The summed E-state index contributed by atoms with van der Waals surface area (Å²) >= 11 is 1.73. The number of nitrogens with one attached hydrogen (secondary N) is 2. The van der Waals surface area contributed by atoms with Crippen LogP contribution in [-0.4, -0.2) is 23.1 Å². The number of hydrogen-bond donors (Lipinski definition) is 2. The highest BCUT2D eigenvalue weighted by Gasteiger charge is 2.13. The van der Waals surface area contributed by atoms with Crippen molar-refractivity contribution in [2.45, 2.75) is 53.1 Å². The van der Waals surface area contributed by atoms with E-state index in [1.165, 1.54) is 4.88 Å². The lowest BCUT2D eigenvalue weighted by molar-refractivity contribution is 0.380. The van der Waals surface area contributed by atoms with E-state index in [0.717, 1.165) is 47.2 Å². The van der Waals surface area contributed by atoms with Crippen molar-refractivity contribution in [2.75, 3.05) is 7.05 Å². The fourth-order valence-corrected chi connectivity index (χ4v) is 3.09. The van der Waals surface area contributed by atoms with Crippen molar-refractivity contribution < 1.29 is 4.52 Å². The van der Waals surface area contributed by atoms with Crippen LogP contribution in [0, 0.1) is 0 Å². The molecule has 0 aliphatic heterocycles. The van der Waals surface area contributed by atoms with Gasteiger partial charge in [-0.05, 0) is 12.8 Å². The third-order valence-electron chi connectivity index (χ3n) is 3.62. The first-order valence-corrected chi connectivity index (χ1v) is 8.87. The Morgan fingerprint density at radius 3 is 2.57 bits per heavy atom. The molecule has 0 unspecified atom stereocenters. The maximum Gasteiger partial charge on any atom is 0.191 e. The maximum atomic E-state index is 5.39. The van der Waals surface area contributed by atoms with Gasteiger partial charge in [-0.1, -0.05) is 25.9 Å². The van der Waals surface area contributed by atoms with Crippen LogP contribution in [0.2, 0.25) is 0 Å². The number of rotatable bonds is 7. The summed E-state index contributed by atoms with van der Waals surface area (Å²) in [6, 6.07) is 0. The van der Waals surface area contributed by atoms with E-state index in [0.29, 0.717) is 13.1 Å². The van der Waals surface area contributed by atoms with E-state index in [9.17, 15) is 0 Å². The Bertz CT molecular complexity index is 625. The molecule has 0 fully saturated rings. The van der Waals surface area contributed by atoms with E-state index >= 15 is 0 Å². The van der Waals surface area contributed by atoms with Crippen LogP contribution in [0.4, 0.5) is 0 Å². The Balaban J connectivity index is 1.91. The summed E-state index contributed by atoms with van der Waals surface area (Å²) in [6.07, 6.45) is 4.67. The van der Waals surface area contributed by atoms with Crippen molar-refractivity contribution >= 4 is 17.3 Å². The number of aromatic nitrogens is 2. The van der Waals surface area contributed by atoms with Gasteiger partial charge in [0.15, 0.2) is 5.96 Å². The van der Waals surface area contributed by atoms with Crippen molar-refractivity contribution in [1.82, 2.24) is 20.8 Å². The summed E-state index contributed by atoms with van der Waals surface area (Å²) in [7, 11) is 1.77. The first-order chi connectivity index (χ1) is 11.2. The van der Waals surface area contributed by atoms with Crippen molar-refractivity contribution in [3.8, 4) is 0 Å². The summed E-state index contributed by atoms with van der Waals surface area (Å²) in [5, 5.41) is 11.8. The van der Waals surface area contributed by atoms with Gasteiger partial charge < -0.3 is 15.2 Å². The second-order valence-electron chi connectivity index (χ2n) is 5.09. The molecule has 2 aromatic rings. The number of guanidine groups is 1. The Morgan fingerprint density at radius 1 is 1.17 bits per heavy atom. The Hall–Kier alpha value is -1.89. The van der Waals surface area contributed by atoms with Gasteiger partial charge in [0, 0.05) is 36.7 Å². The summed E-state index contributed by atoms with van der Waals surface area (Å²) in [5.74, 6) is 1.70. The summed E-state index contributed by atoms with van der Waals surface area (Å²) in [6.45, 7) is 7.63. The normalized spacial score (nSPS) is 11.7. The molecule has 126 valence electrons. The van der Waals surface area contributed by atoms with Gasteiger partial charge in [-0.3, -0.25) is 4.99 Å². The summed E-state index contributed by atoms with van der Waals surface area (Å²) < 4.78 is 5.39. The molecule has 0 bridgehead atoms. The Morgan fingerprint density at radius 2 is 1.96 bits per heavy atom. The molecule has 2 heterocycles. The lowest BCUT2D eigenvalue weighted by Gasteiger charge is -2.11. The average molecular weight is 335 g/mol. The lowest BCUT2D eigenvalue weighted by atomic mass is 10.1. The van der Waals surface area contributed by atoms with E-state index in [1.54, 1.807) is 18.4 Å². The minimum atomic E-state index is 0.660. The molecule has 0 saturated heterocycles. The molecule has 0 spiro atoms. The minimum absolute atomic E-state index is 0.660. The van der Waals surface area contributed by atoms with E-state index in [-0.39, 0.29) is 0 Å². The molecular formula is C16H25N5OS. The zero-order valence-corrected chi connectivity index (χ0v) is 15.1. The average Bonchev–Trinajstić information content (AvgIpc) is 3.20. The molecule has 0 aromatic carbocycles. The molecule has 0 aliphatic carbocycles. The number of nitrogens with zero attached hydrogens (tertiary/aromatic N) is 3. The molecule has 2 aromatic heterocycles. The van der Waals surface area contributed by atoms with E-state index in [2.05, 4.69) is 46.5 Å². The quantitative estimate of drug-likeness (QED) is 0.601. The van der Waals surface area contributed by atoms with Crippen LogP contribution in [0.15, 0.2) is 15.7 Å².